The van der Waals surface area contributed by atoms with Crippen LogP contribution < -0.4 is 20.3 Å². The molecule has 0 aliphatic heterocycles. The number of benzene rings is 2. The molecule has 12 heteroatoms. The summed E-state index contributed by atoms with van der Waals surface area (Å²) in [6.07, 6.45) is -4.00. The summed E-state index contributed by atoms with van der Waals surface area (Å²) in [5, 5.41) is 11.2. The van der Waals surface area contributed by atoms with Crippen LogP contribution in [-0.4, -0.2) is 35.8 Å². The molecule has 7 nitrogen and oxygen atoms in total. The number of aromatic nitrogens is 1. The van der Waals surface area contributed by atoms with Gasteiger partial charge in [-0.15, -0.1) is 0 Å². The lowest BCUT2D eigenvalue weighted by Gasteiger charge is -2.22. The molecule has 0 unspecified atom stereocenters. The van der Waals surface area contributed by atoms with Gasteiger partial charge in [-0.2, -0.15) is 13.2 Å². The van der Waals surface area contributed by atoms with Gasteiger partial charge >= 0.3 is 6.18 Å². The summed E-state index contributed by atoms with van der Waals surface area (Å²) < 4.78 is 83.2. The van der Waals surface area contributed by atoms with Gasteiger partial charge < -0.3 is 24.9 Å². The van der Waals surface area contributed by atoms with Gasteiger partial charge in [0.1, 0.15) is 17.9 Å². The first-order chi connectivity index (χ1) is 17.0. The third kappa shape index (κ3) is 5.48. The molecule has 36 heavy (non-hydrogen) atoms. The first-order valence-corrected chi connectivity index (χ1v) is 10.6. The number of ether oxygens (including phenoxy) is 2. The van der Waals surface area contributed by atoms with E-state index < -0.39 is 70.6 Å². The summed E-state index contributed by atoms with van der Waals surface area (Å²) in [6, 6.07) is 5.10. The van der Waals surface area contributed by atoms with Crippen molar-refractivity contribution in [2.24, 2.45) is 0 Å². The van der Waals surface area contributed by atoms with Gasteiger partial charge in [0.25, 0.3) is 5.56 Å². The van der Waals surface area contributed by atoms with E-state index in [0.29, 0.717) is 0 Å². The number of carbonyl (C=O) groups is 1. The van der Waals surface area contributed by atoms with Crippen LogP contribution in [0, 0.1) is 11.6 Å². The van der Waals surface area contributed by atoms with E-state index in [4.69, 9.17) is 14.6 Å². The van der Waals surface area contributed by atoms with E-state index in [1.165, 1.54) is 6.07 Å². The van der Waals surface area contributed by atoms with Gasteiger partial charge in [0, 0.05) is 41.1 Å². The number of pyridine rings is 1. The van der Waals surface area contributed by atoms with Crippen molar-refractivity contribution < 1.29 is 41.3 Å². The van der Waals surface area contributed by atoms with Crippen molar-refractivity contribution in [2.75, 3.05) is 25.1 Å². The van der Waals surface area contributed by atoms with Crippen LogP contribution in [0.4, 0.5) is 27.6 Å². The molecule has 1 amide bonds. The Kier molecular flexibility index (Phi) is 7.98. The van der Waals surface area contributed by atoms with Crippen LogP contribution in [0.15, 0.2) is 41.3 Å². The Balaban J connectivity index is 2.29. The molecule has 2 aromatic carbocycles. The maximum absolute atomic E-state index is 15.4. The summed E-state index contributed by atoms with van der Waals surface area (Å²) >= 11 is 0. The molecular weight excluding hydrogens is 491 g/mol. The van der Waals surface area contributed by atoms with E-state index >= 15 is 8.78 Å². The second-order valence-corrected chi connectivity index (χ2v) is 7.42. The predicted octanol–water partition coefficient (Wildman–Crippen LogP) is 4.73. The van der Waals surface area contributed by atoms with Gasteiger partial charge in [0.15, 0.2) is 17.4 Å². The highest BCUT2D eigenvalue weighted by molar-refractivity contribution is 5.96. The molecule has 3 N–H and O–H groups in total. The maximum Gasteiger partial charge on any atom is 0.420 e. The van der Waals surface area contributed by atoms with Crippen LogP contribution in [0.2, 0.25) is 0 Å². The number of nitrogens with one attached hydrogen (secondary N) is 2. The molecule has 3 rings (SSSR count). The molecule has 3 aromatic rings. The van der Waals surface area contributed by atoms with Gasteiger partial charge in [-0.05, 0) is 25.1 Å². The third-order valence-corrected chi connectivity index (χ3v) is 4.94. The number of halogens is 5. The highest BCUT2D eigenvalue weighted by Gasteiger charge is 2.40. The van der Waals surface area contributed by atoms with Crippen molar-refractivity contribution >= 4 is 11.6 Å². The summed E-state index contributed by atoms with van der Waals surface area (Å²) in [7, 11) is 0. The van der Waals surface area contributed by atoms with Crippen molar-refractivity contribution in [3.8, 4) is 33.8 Å². The molecule has 0 aliphatic carbocycles. The third-order valence-electron chi connectivity index (χ3n) is 4.94. The summed E-state index contributed by atoms with van der Waals surface area (Å²) in [6.45, 7) is 1.69. The van der Waals surface area contributed by atoms with Crippen molar-refractivity contribution in [3.63, 3.8) is 0 Å². The van der Waals surface area contributed by atoms with E-state index in [1.807, 2.05) is 0 Å². The fraction of sp³-hybridized carbons (Fsp3) is 0.250. The van der Waals surface area contributed by atoms with E-state index in [1.54, 1.807) is 6.92 Å². The van der Waals surface area contributed by atoms with Crippen LogP contribution in [0.3, 0.4) is 0 Å². The second-order valence-electron chi connectivity index (χ2n) is 7.42. The number of aliphatic hydroxyl groups excluding tert-OH is 1. The molecule has 0 bridgehead atoms. The van der Waals surface area contributed by atoms with Gasteiger partial charge in [0.2, 0.25) is 5.91 Å². The van der Waals surface area contributed by atoms with Crippen LogP contribution in [0.1, 0.15) is 19.4 Å². The van der Waals surface area contributed by atoms with Crippen molar-refractivity contribution in [3.05, 3.63) is 64.1 Å². The van der Waals surface area contributed by atoms with Crippen LogP contribution >= 0.6 is 0 Å². The standard InChI is InChI=1S/C24H21F5N2O5/c1-3-35-18-10-13(11-30-23(18)34)14-4-5-15(22(26)21(14)25)19-16(31-12(2)33)6-7-17(36-9-8-32)20(19)24(27,28)29/h4-7,10-11,32H,3,8-9H2,1-2H3,(H,30,34)(H,31,33). The summed E-state index contributed by atoms with van der Waals surface area (Å²) in [4.78, 5) is 25.8. The van der Waals surface area contributed by atoms with E-state index in [0.717, 1.165) is 37.4 Å². The number of hydrogen-bond acceptors (Lipinski definition) is 5. The minimum atomic E-state index is -5.11. The lowest BCUT2D eigenvalue weighted by atomic mass is 9.93. The Hall–Kier alpha value is -3.93. The van der Waals surface area contributed by atoms with Gasteiger partial charge in [0.05, 0.1) is 13.2 Å². The second kappa shape index (κ2) is 10.8. The Morgan fingerprint density at radius 3 is 2.33 bits per heavy atom. The van der Waals surface area contributed by atoms with Crippen molar-refractivity contribution in [2.45, 2.75) is 20.0 Å². The lowest BCUT2D eigenvalue weighted by molar-refractivity contribution is -0.138. The molecule has 0 spiro atoms. The molecule has 0 radical (unpaired) electrons. The number of aromatic amines is 1. The number of anilines is 1. The summed E-state index contributed by atoms with van der Waals surface area (Å²) in [5.41, 5.74) is -4.48. The van der Waals surface area contributed by atoms with E-state index in [2.05, 4.69) is 10.3 Å². The van der Waals surface area contributed by atoms with Gasteiger partial charge in [-0.25, -0.2) is 8.78 Å². The number of hydrogen-bond donors (Lipinski definition) is 3. The Labute approximate surface area is 201 Å². The predicted molar refractivity (Wildman–Crippen MR) is 121 cm³/mol. The zero-order chi connectivity index (χ0) is 26.6. The maximum atomic E-state index is 15.4. The topological polar surface area (TPSA) is 101 Å². The average Bonchev–Trinajstić information content (AvgIpc) is 2.80. The highest BCUT2D eigenvalue weighted by atomic mass is 19.4. The first-order valence-electron chi connectivity index (χ1n) is 10.6. The van der Waals surface area contributed by atoms with Crippen LogP contribution in [0.5, 0.6) is 11.5 Å². The Bertz CT molecular complexity index is 1340. The van der Waals surface area contributed by atoms with Gasteiger partial charge in [-0.1, -0.05) is 12.1 Å². The number of rotatable bonds is 8. The number of alkyl halides is 3. The average molecular weight is 512 g/mol. The molecule has 0 aliphatic rings. The minimum Gasteiger partial charge on any atom is -0.491 e. The molecule has 0 saturated carbocycles. The minimum absolute atomic E-state index is 0.0131. The fourth-order valence-corrected chi connectivity index (χ4v) is 3.56. The Morgan fingerprint density at radius 2 is 1.72 bits per heavy atom. The molecule has 0 saturated heterocycles. The molecule has 1 aromatic heterocycles. The highest BCUT2D eigenvalue weighted by Crippen LogP contribution is 2.48. The largest absolute Gasteiger partial charge is 0.491 e. The fourth-order valence-electron chi connectivity index (χ4n) is 3.56. The number of amides is 1. The number of carbonyl (C=O) groups excluding carboxylic acids is 1. The normalized spacial score (nSPS) is 11.3. The monoisotopic (exact) mass is 512 g/mol. The quantitative estimate of drug-likeness (QED) is 0.379. The number of H-pyrrole nitrogens is 1. The zero-order valence-corrected chi connectivity index (χ0v) is 19.1. The first kappa shape index (κ1) is 26.7. The van der Waals surface area contributed by atoms with Crippen LogP contribution in [0.25, 0.3) is 22.3 Å². The summed E-state index contributed by atoms with van der Waals surface area (Å²) in [5.74, 6) is -4.77. The SMILES string of the molecule is CCOc1cc(-c2ccc(-c3c(NC(C)=O)ccc(OCCO)c3C(F)(F)F)c(F)c2F)c[nH]c1=O. The van der Waals surface area contributed by atoms with Crippen LogP contribution in [-0.2, 0) is 11.0 Å². The Morgan fingerprint density at radius 1 is 1.06 bits per heavy atom. The zero-order valence-electron chi connectivity index (χ0n) is 19.1. The molecule has 192 valence electrons. The van der Waals surface area contributed by atoms with E-state index in [9.17, 15) is 22.8 Å². The van der Waals surface area contributed by atoms with Crippen molar-refractivity contribution in [1.29, 1.82) is 0 Å². The van der Waals surface area contributed by atoms with E-state index in [-0.39, 0.29) is 23.5 Å². The molecule has 0 atom stereocenters. The molecule has 0 fully saturated rings. The molecule has 1 heterocycles. The lowest BCUT2D eigenvalue weighted by Crippen LogP contribution is -2.16. The van der Waals surface area contributed by atoms with Gasteiger partial charge in [-0.3, -0.25) is 9.59 Å². The smallest absolute Gasteiger partial charge is 0.420 e. The number of aliphatic hydroxyl groups is 1. The molecular formula is C24H21F5N2O5. The van der Waals surface area contributed by atoms with Crippen molar-refractivity contribution in [1.82, 2.24) is 4.98 Å².